The van der Waals surface area contributed by atoms with Gasteiger partial charge in [-0.15, -0.1) is 0 Å². The highest BCUT2D eigenvalue weighted by atomic mass is 32.2. The molecule has 1 aromatic heterocycles. The van der Waals surface area contributed by atoms with Gasteiger partial charge in [0.25, 0.3) is 0 Å². The summed E-state index contributed by atoms with van der Waals surface area (Å²) in [5.74, 6) is -0.0922. The molecule has 0 bridgehead atoms. The van der Waals surface area contributed by atoms with Gasteiger partial charge < -0.3 is 5.32 Å². The van der Waals surface area contributed by atoms with Crippen LogP contribution in [0.4, 0.5) is 0 Å². The zero-order valence-electron chi connectivity index (χ0n) is 16.8. The number of nitrogens with one attached hydrogen (secondary N) is 1. The largest absolute Gasteiger partial charge is 0.352 e. The van der Waals surface area contributed by atoms with Crippen LogP contribution in [0.15, 0.2) is 29.2 Å². The van der Waals surface area contributed by atoms with Gasteiger partial charge in [0.15, 0.2) is 0 Å². The third-order valence-corrected chi connectivity index (χ3v) is 6.86. The van der Waals surface area contributed by atoms with Crippen LogP contribution in [0.25, 0.3) is 0 Å². The Bertz CT molecular complexity index is 915. The van der Waals surface area contributed by atoms with Crippen molar-refractivity contribution in [3.63, 3.8) is 0 Å². The quantitative estimate of drug-likeness (QED) is 0.780. The third kappa shape index (κ3) is 4.75. The van der Waals surface area contributed by atoms with Crippen molar-refractivity contribution in [1.29, 1.82) is 0 Å². The SMILES string of the molecule is Cc1nn(C)c(C)c1CC(=O)NCc1ccc(S(=O)(=O)N(C)C(C)C)cc1. The van der Waals surface area contributed by atoms with Crippen LogP contribution in [0.1, 0.15) is 36.4 Å². The Hall–Kier alpha value is -2.19. The van der Waals surface area contributed by atoms with Gasteiger partial charge in [-0.05, 0) is 45.4 Å². The van der Waals surface area contributed by atoms with Crippen molar-refractivity contribution in [2.24, 2.45) is 7.05 Å². The number of rotatable bonds is 7. The number of amides is 1. The molecule has 27 heavy (non-hydrogen) atoms. The Morgan fingerprint density at radius 3 is 2.30 bits per heavy atom. The second-order valence-corrected chi connectivity index (χ2v) is 8.98. The normalized spacial score (nSPS) is 12.0. The second kappa shape index (κ2) is 8.22. The number of carbonyl (C=O) groups is 1. The van der Waals surface area contributed by atoms with Gasteiger partial charge in [-0.25, -0.2) is 8.42 Å². The van der Waals surface area contributed by atoms with Crippen molar-refractivity contribution in [2.45, 2.75) is 51.6 Å². The standard InChI is InChI=1S/C19H28N4O3S/c1-13(2)23(6)27(25,26)17-9-7-16(8-10-17)12-20-19(24)11-18-14(3)21-22(5)15(18)4/h7-10,13H,11-12H2,1-6H3,(H,20,24). The molecule has 2 aromatic rings. The van der Waals surface area contributed by atoms with Crippen LogP contribution in [0.5, 0.6) is 0 Å². The van der Waals surface area contributed by atoms with Gasteiger partial charge in [-0.2, -0.15) is 9.40 Å². The number of aromatic nitrogens is 2. The van der Waals surface area contributed by atoms with Gasteiger partial charge in [0.2, 0.25) is 15.9 Å². The first-order valence-corrected chi connectivity index (χ1v) is 10.3. The molecule has 1 heterocycles. The molecule has 0 unspecified atom stereocenters. The van der Waals surface area contributed by atoms with Crippen molar-refractivity contribution < 1.29 is 13.2 Å². The van der Waals surface area contributed by atoms with E-state index in [4.69, 9.17) is 0 Å². The van der Waals surface area contributed by atoms with Gasteiger partial charge in [0.1, 0.15) is 0 Å². The van der Waals surface area contributed by atoms with Gasteiger partial charge >= 0.3 is 0 Å². The Balaban J connectivity index is 2.00. The first-order valence-electron chi connectivity index (χ1n) is 8.86. The molecule has 1 amide bonds. The van der Waals surface area contributed by atoms with Crippen LogP contribution in [0, 0.1) is 13.8 Å². The van der Waals surface area contributed by atoms with Crippen molar-refractivity contribution in [3.8, 4) is 0 Å². The Morgan fingerprint density at radius 1 is 1.22 bits per heavy atom. The first kappa shape index (κ1) is 21.1. The van der Waals surface area contributed by atoms with E-state index in [9.17, 15) is 13.2 Å². The van der Waals surface area contributed by atoms with Crippen molar-refractivity contribution in [2.75, 3.05) is 7.05 Å². The molecule has 0 spiro atoms. The Labute approximate surface area is 161 Å². The number of carbonyl (C=O) groups excluding carboxylic acids is 1. The molecule has 7 nitrogen and oxygen atoms in total. The van der Waals surface area contributed by atoms with Crippen molar-refractivity contribution >= 4 is 15.9 Å². The zero-order chi connectivity index (χ0) is 20.4. The monoisotopic (exact) mass is 392 g/mol. The Morgan fingerprint density at radius 2 is 1.81 bits per heavy atom. The highest BCUT2D eigenvalue weighted by Crippen LogP contribution is 2.17. The highest BCUT2D eigenvalue weighted by Gasteiger charge is 2.22. The average Bonchev–Trinajstić information content (AvgIpc) is 2.85. The van der Waals surface area contributed by atoms with Crippen LogP contribution >= 0.6 is 0 Å². The molecule has 0 radical (unpaired) electrons. The van der Waals surface area contributed by atoms with Crippen LogP contribution in [0.3, 0.4) is 0 Å². The van der Waals surface area contributed by atoms with E-state index < -0.39 is 10.0 Å². The molecular weight excluding hydrogens is 364 g/mol. The fraction of sp³-hybridized carbons (Fsp3) is 0.474. The maximum absolute atomic E-state index is 12.5. The van der Waals surface area contributed by atoms with Gasteiger partial charge in [0, 0.05) is 37.9 Å². The number of aryl methyl sites for hydroxylation is 2. The van der Waals surface area contributed by atoms with E-state index in [1.807, 2.05) is 34.7 Å². The van der Waals surface area contributed by atoms with Crippen molar-refractivity contribution in [1.82, 2.24) is 19.4 Å². The minimum atomic E-state index is -3.50. The lowest BCUT2D eigenvalue weighted by Crippen LogP contribution is -2.33. The minimum absolute atomic E-state index is 0.0922. The predicted octanol–water partition coefficient (Wildman–Crippen LogP) is 1.92. The Kier molecular flexibility index (Phi) is 6.43. The summed E-state index contributed by atoms with van der Waals surface area (Å²) in [6.07, 6.45) is 0.275. The number of benzene rings is 1. The van der Waals surface area contributed by atoms with E-state index in [0.29, 0.717) is 6.54 Å². The summed E-state index contributed by atoms with van der Waals surface area (Å²) in [5.41, 5.74) is 3.61. The van der Waals surface area contributed by atoms with Gasteiger partial charge in [-0.1, -0.05) is 12.1 Å². The minimum Gasteiger partial charge on any atom is -0.352 e. The molecule has 0 saturated heterocycles. The number of sulfonamides is 1. The van der Waals surface area contributed by atoms with Crippen LogP contribution in [-0.2, 0) is 34.8 Å². The lowest BCUT2D eigenvalue weighted by molar-refractivity contribution is -0.120. The predicted molar refractivity (Wildman–Crippen MR) is 105 cm³/mol. The van der Waals surface area contributed by atoms with E-state index in [-0.39, 0.29) is 23.3 Å². The lowest BCUT2D eigenvalue weighted by atomic mass is 10.1. The number of hydrogen-bond donors (Lipinski definition) is 1. The molecule has 0 atom stereocenters. The molecular formula is C19H28N4O3S. The molecule has 0 aliphatic carbocycles. The molecule has 8 heteroatoms. The summed E-state index contributed by atoms with van der Waals surface area (Å²) in [6, 6.07) is 6.48. The van der Waals surface area contributed by atoms with E-state index in [0.717, 1.165) is 22.5 Å². The summed E-state index contributed by atoms with van der Waals surface area (Å²) in [5, 5.41) is 7.19. The van der Waals surface area contributed by atoms with E-state index >= 15 is 0 Å². The molecule has 0 aliphatic heterocycles. The molecule has 2 rings (SSSR count). The number of nitrogens with zero attached hydrogens (tertiary/aromatic N) is 3. The number of hydrogen-bond acceptors (Lipinski definition) is 4. The van der Waals surface area contributed by atoms with Crippen LogP contribution in [0.2, 0.25) is 0 Å². The maximum Gasteiger partial charge on any atom is 0.243 e. The van der Waals surface area contributed by atoms with E-state index in [1.165, 1.54) is 4.31 Å². The van der Waals surface area contributed by atoms with Crippen LogP contribution < -0.4 is 5.32 Å². The average molecular weight is 393 g/mol. The summed E-state index contributed by atoms with van der Waals surface area (Å²) >= 11 is 0. The van der Waals surface area contributed by atoms with Gasteiger partial charge in [-0.3, -0.25) is 9.48 Å². The molecule has 148 valence electrons. The van der Waals surface area contributed by atoms with Gasteiger partial charge in [0.05, 0.1) is 17.0 Å². The summed E-state index contributed by atoms with van der Waals surface area (Å²) in [6.45, 7) is 7.83. The molecule has 0 aliphatic rings. The van der Waals surface area contributed by atoms with Crippen LogP contribution in [-0.4, -0.2) is 41.5 Å². The summed E-state index contributed by atoms with van der Waals surface area (Å²) in [7, 11) is -0.0742. The lowest BCUT2D eigenvalue weighted by Gasteiger charge is -2.21. The third-order valence-electron chi connectivity index (χ3n) is 4.81. The van der Waals surface area contributed by atoms with E-state index in [2.05, 4.69) is 10.4 Å². The highest BCUT2D eigenvalue weighted by molar-refractivity contribution is 7.89. The molecule has 0 fully saturated rings. The van der Waals surface area contributed by atoms with Crippen molar-refractivity contribution in [3.05, 3.63) is 46.8 Å². The first-order chi connectivity index (χ1) is 12.5. The molecule has 1 N–H and O–H groups in total. The second-order valence-electron chi connectivity index (χ2n) is 6.99. The fourth-order valence-corrected chi connectivity index (χ4v) is 4.09. The maximum atomic E-state index is 12.5. The fourth-order valence-electron chi connectivity index (χ4n) is 2.72. The summed E-state index contributed by atoms with van der Waals surface area (Å²) in [4.78, 5) is 12.5. The summed E-state index contributed by atoms with van der Waals surface area (Å²) < 4.78 is 28.0. The smallest absolute Gasteiger partial charge is 0.243 e. The molecule has 0 saturated carbocycles. The zero-order valence-corrected chi connectivity index (χ0v) is 17.6. The topological polar surface area (TPSA) is 84.3 Å². The van der Waals surface area contributed by atoms with E-state index in [1.54, 1.807) is 36.0 Å². The molecule has 1 aromatic carbocycles.